The molecule has 0 atom stereocenters. The van der Waals surface area contributed by atoms with Crippen molar-refractivity contribution in [1.29, 1.82) is 0 Å². The third-order valence-electron chi connectivity index (χ3n) is 3.81. The van der Waals surface area contributed by atoms with E-state index < -0.39 is 0 Å². The van der Waals surface area contributed by atoms with Crippen LogP contribution in [0.5, 0.6) is 0 Å². The minimum atomic E-state index is 0.745. The van der Waals surface area contributed by atoms with Gasteiger partial charge in [-0.25, -0.2) is 0 Å². The van der Waals surface area contributed by atoms with Crippen LogP contribution in [0, 0.1) is 6.92 Å². The van der Waals surface area contributed by atoms with Gasteiger partial charge in [-0.05, 0) is 24.1 Å². The Bertz CT molecular complexity index is 802. The molecule has 0 aliphatic carbocycles. The summed E-state index contributed by atoms with van der Waals surface area (Å²) in [5.74, 6) is 0. The van der Waals surface area contributed by atoms with E-state index in [9.17, 15) is 0 Å². The second-order valence-electron chi connectivity index (χ2n) is 5.28. The Morgan fingerprint density at radius 1 is 1.10 bits per heavy atom. The summed E-state index contributed by atoms with van der Waals surface area (Å²) < 4.78 is 2.16. The highest BCUT2D eigenvalue weighted by Crippen LogP contribution is 2.20. The molecule has 0 saturated carbocycles. The Labute approximate surface area is 130 Å². The summed E-state index contributed by atoms with van der Waals surface area (Å²) in [7, 11) is 2.07. The zero-order valence-electron chi connectivity index (χ0n) is 12.3. The summed E-state index contributed by atoms with van der Waals surface area (Å²) in [6.07, 6.45) is 2.16. The number of fused-ring (bicyclic) bond motifs is 1. The van der Waals surface area contributed by atoms with Crippen LogP contribution < -0.4 is 5.32 Å². The first-order valence-electron chi connectivity index (χ1n) is 7.03. The van der Waals surface area contributed by atoms with E-state index in [-0.39, 0.29) is 0 Å². The fourth-order valence-electron chi connectivity index (χ4n) is 2.66. The zero-order chi connectivity index (χ0) is 14.8. The highest BCUT2D eigenvalue weighted by molar-refractivity contribution is 7.80. The molecule has 0 aliphatic rings. The summed E-state index contributed by atoms with van der Waals surface area (Å²) in [6.45, 7) is 2.83. The van der Waals surface area contributed by atoms with Crippen molar-refractivity contribution in [1.82, 2.24) is 9.88 Å². The summed E-state index contributed by atoms with van der Waals surface area (Å²) in [6, 6.07) is 16.6. The SMILES string of the molecule is Cc1ccccc1C(=S)NCc1cn(C)c2ccccc12. The standard InChI is InChI=1S/C18H18N2S/c1-13-7-3-4-8-15(13)18(21)19-11-14-12-20(2)17-10-6-5-9-16(14)17/h3-10,12H,11H2,1-2H3,(H,19,21). The number of benzene rings is 2. The van der Waals surface area contributed by atoms with Gasteiger partial charge in [-0.15, -0.1) is 0 Å². The highest BCUT2D eigenvalue weighted by atomic mass is 32.1. The lowest BCUT2D eigenvalue weighted by atomic mass is 10.1. The van der Waals surface area contributed by atoms with Crippen molar-refractivity contribution in [3.8, 4) is 0 Å². The van der Waals surface area contributed by atoms with E-state index in [0.29, 0.717) is 0 Å². The fraction of sp³-hybridized carbons (Fsp3) is 0.167. The Morgan fingerprint density at radius 2 is 1.81 bits per heavy atom. The van der Waals surface area contributed by atoms with Crippen LogP contribution >= 0.6 is 12.2 Å². The molecule has 2 nitrogen and oxygen atoms in total. The molecule has 0 unspecified atom stereocenters. The van der Waals surface area contributed by atoms with Gasteiger partial charge in [0, 0.05) is 36.3 Å². The van der Waals surface area contributed by atoms with Crippen LogP contribution in [0.15, 0.2) is 54.7 Å². The maximum Gasteiger partial charge on any atom is 0.107 e. The summed E-state index contributed by atoms with van der Waals surface area (Å²) in [4.78, 5) is 0.807. The quantitative estimate of drug-likeness (QED) is 0.737. The van der Waals surface area contributed by atoms with Crippen LogP contribution in [-0.4, -0.2) is 9.56 Å². The third-order valence-corrected chi connectivity index (χ3v) is 4.17. The third kappa shape index (κ3) is 2.69. The maximum atomic E-state index is 5.52. The van der Waals surface area contributed by atoms with Crippen LogP contribution in [0.4, 0.5) is 0 Å². The Balaban J connectivity index is 1.81. The monoisotopic (exact) mass is 294 g/mol. The molecule has 0 radical (unpaired) electrons. The van der Waals surface area contributed by atoms with E-state index in [1.54, 1.807) is 0 Å². The van der Waals surface area contributed by atoms with Crippen LogP contribution in [0.3, 0.4) is 0 Å². The first kappa shape index (κ1) is 13.8. The number of nitrogens with one attached hydrogen (secondary N) is 1. The molecule has 0 spiro atoms. The summed E-state index contributed by atoms with van der Waals surface area (Å²) >= 11 is 5.52. The van der Waals surface area contributed by atoms with E-state index in [4.69, 9.17) is 12.2 Å². The van der Waals surface area contributed by atoms with Gasteiger partial charge in [-0.1, -0.05) is 54.7 Å². The van der Waals surface area contributed by atoms with E-state index >= 15 is 0 Å². The number of aromatic nitrogens is 1. The van der Waals surface area contributed by atoms with Crippen molar-refractivity contribution in [2.24, 2.45) is 7.05 Å². The molecular formula is C18H18N2S. The van der Waals surface area contributed by atoms with Crippen molar-refractivity contribution in [3.05, 3.63) is 71.4 Å². The molecule has 0 saturated heterocycles. The Morgan fingerprint density at radius 3 is 2.62 bits per heavy atom. The van der Waals surface area contributed by atoms with Gasteiger partial charge in [0.05, 0.1) is 0 Å². The number of para-hydroxylation sites is 1. The topological polar surface area (TPSA) is 17.0 Å². The lowest BCUT2D eigenvalue weighted by molar-refractivity contribution is 0.905. The number of hydrogen-bond acceptors (Lipinski definition) is 1. The molecule has 3 aromatic rings. The average molecular weight is 294 g/mol. The number of hydrogen-bond donors (Lipinski definition) is 1. The van der Waals surface area contributed by atoms with E-state index in [0.717, 1.165) is 17.1 Å². The van der Waals surface area contributed by atoms with Crippen molar-refractivity contribution < 1.29 is 0 Å². The average Bonchev–Trinajstić information content (AvgIpc) is 2.82. The fourth-order valence-corrected chi connectivity index (χ4v) is 2.97. The van der Waals surface area contributed by atoms with Gasteiger partial charge in [-0.3, -0.25) is 0 Å². The summed E-state index contributed by atoms with van der Waals surface area (Å²) in [5.41, 5.74) is 4.82. The predicted molar refractivity (Wildman–Crippen MR) is 92.6 cm³/mol. The molecule has 2 aromatic carbocycles. The lowest BCUT2D eigenvalue weighted by Gasteiger charge is -2.10. The van der Waals surface area contributed by atoms with E-state index in [2.05, 4.69) is 66.5 Å². The number of aryl methyl sites for hydroxylation is 2. The number of nitrogens with zero attached hydrogens (tertiary/aromatic N) is 1. The molecule has 106 valence electrons. The minimum Gasteiger partial charge on any atom is -0.372 e. The minimum absolute atomic E-state index is 0.745. The zero-order valence-corrected chi connectivity index (χ0v) is 13.1. The maximum absolute atomic E-state index is 5.52. The molecule has 0 bridgehead atoms. The van der Waals surface area contributed by atoms with Crippen molar-refractivity contribution in [3.63, 3.8) is 0 Å². The van der Waals surface area contributed by atoms with Gasteiger partial charge in [0.25, 0.3) is 0 Å². The number of rotatable bonds is 3. The van der Waals surface area contributed by atoms with Crippen molar-refractivity contribution in [2.45, 2.75) is 13.5 Å². The molecule has 3 rings (SSSR count). The first-order valence-corrected chi connectivity index (χ1v) is 7.44. The smallest absolute Gasteiger partial charge is 0.107 e. The van der Waals surface area contributed by atoms with Gasteiger partial charge in [-0.2, -0.15) is 0 Å². The molecule has 0 aliphatic heterocycles. The van der Waals surface area contributed by atoms with Gasteiger partial charge in [0.2, 0.25) is 0 Å². The van der Waals surface area contributed by atoms with Crippen LogP contribution in [0.25, 0.3) is 10.9 Å². The van der Waals surface area contributed by atoms with Gasteiger partial charge >= 0.3 is 0 Å². The molecule has 1 aromatic heterocycles. The molecular weight excluding hydrogens is 276 g/mol. The number of thiocarbonyl (C=S) groups is 1. The van der Waals surface area contributed by atoms with E-state index in [1.165, 1.54) is 22.0 Å². The normalized spacial score (nSPS) is 10.8. The lowest BCUT2D eigenvalue weighted by Crippen LogP contribution is -2.22. The molecule has 21 heavy (non-hydrogen) atoms. The first-order chi connectivity index (χ1) is 10.2. The van der Waals surface area contributed by atoms with Gasteiger partial charge in [0.1, 0.15) is 4.99 Å². The van der Waals surface area contributed by atoms with E-state index in [1.807, 2.05) is 12.1 Å². The van der Waals surface area contributed by atoms with Crippen molar-refractivity contribution >= 4 is 28.1 Å². The molecule has 1 heterocycles. The molecule has 3 heteroatoms. The highest BCUT2D eigenvalue weighted by Gasteiger charge is 2.08. The molecule has 0 fully saturated rings. The van der Waals surface area contributed by atoms with Gasteiger partial charge in [0.15, 0.2) is 0 Å². The predicted octanol–water partition coefficient (Wildman–Crippen LogP) is 3.95. The Hall–Kier alpha value is -2.13. The van der Waals surface area contributed by atoms with Crippen LogP contribution in [-0.2, 0) is 13.6 Å². The van der Waals surface area contributed by atoms with Crippen molar-refractivity contribution in [2.75, 3.05) is 0 Å². The van der Waals surface area contributed by atoms with Crippen LogP contribution in [0.1, 0.15) is 16.7 Å². The summed E-state index contributed by atoms with van der Waals surface area (Å²) in [5, 5.41) is 4.66. The Kier molecular flexibility index (Phi) is 3.76. The molecule has 0 amide bonds. The second-order valence-corrected chi connectivity index (χ2v) is 5.69. The van der Waals surface area contributed by atoms with Gasteiger partial charge < -0.3 is 9.88 Å². The second kappa shape index (κ2) is 5.70. The largest absolute Gasteiger partial charge is 0.372 e. The molecule has 1 N–H and O–H groups in total. The van der Waals surface area contributed by atoms with Crippen LogP contribution in [0.2, 0.25) is 0 Å².